The van der Waals surface area contributed by atoms with Crippen LogP contribution in [0, 0.1) is 5.92 Å². The van der Waals surface area contributed by atoms with Gasteiger partial charge in [0.15, 0.2) is 0 Å². The van der Waals surface area contributed by atoms with Gasteiger partial charge in [0.25, 0.3) is 0 Å². The first-order chi connectivity index (χ1) is 8.46. The number of aliphatic hydroxyl groups is 1. The van der Waals surface area contributed by atoms with Gasteiger partial charge in [-0.25, -0.2) is 4.79 Å². The Hall–Kier alpha value is -1.03. The van der Waals surface area contributed by atoms with Crippen molar-refractivity contribution < 1.29 is 19.4 Å². The average Bonchev–Trinajstić information content (AvgIpc) is 2.27. The van der Waals surface area contributed by atoms with Crippen molar-refractivity contribution in [1.82, 2.24) is 0 Å². The highest BCUT2D eigenvalue weighted by Gasteiger charge is 2.32. The Kier molecular flexibility index (Phi) is 3.95. The summed E-state index contributed by atoms with van der Waals surface area (Å²) in [6.45, 7) is 3.40. The van der Waals surface area contributed by atoms with Crippen molar-refractivity contribution >= 4 is 5.97 Å². The Balaban J connectivity index is 1.93. The van der Waals surface area contributed by atoms with Crippen LogP contribution in [0.5, 0.6) is 0 Å². The highest BCUT2D eigenvalue weighted by molar-refractivity contribution is 5.83. The quantitative estimate of drug-likeness (QED) is 0.786. The van der Waals surface area contributed by atoms with Crippen molar-refractivity contribution in [2.75, 3.05) is 0 Å². The largest absolute Gasteiger partial charge is 0.457 e. The maximum absolute atomic E-state index is 11.4. The predicted octanol–water partition coefficient (Wildman–Crippen LogP) is 2.51. The molecule has 0 amide bonds. The first kappa shape index (κ1) is 13.4. The van der Waals surface area contributed by atoms with Gasteiger partial charge in [0, 0.05) is 20.3 Å². The predicted molar refractivity (Wildman–Crippen MR) is 66.5 cm³/mol. The minimum atomic E-state index is -0.923. The van der Waals surface area contributed by atoms with E-state index in [0.717, 1.165) is 12.8 Å². The Morgan fingerprint density at radius 1 is 1.33 bits per heavy atom. The zero-order valence-corrected chi connectivity index (χ0v) is 11.1. The van der Waals surface area contributed by atoms with Crippen molar-refractivity contribution in [3.8, 4) is 0 Å². The second-order valence-corrected chi connectivity index (χ2v) is 5.70. The Labute approximate surface area is 108 Å². The van der Waals surface area contributed by atoms with E-state index in [9.17, 15) is 9.90 Å². The molecule has 0 radical (unpaired) electrons. The lowest BCUT2D eigenvalue weighted by Gasteiger charge is -2.33. The number of rotatable bonds is 3. The summed E-state index contributed by atoms with van der Waals surface area (Å²) in [5.41, 5.74) is 0. The van der Waals surface area contributed by atoms with Crippen molar-refractivity contribution in [3.63, 3.8) is 0 Å². The van der Waals surface area contributed by atoms with Gasteiger partial charge in [-0.3, -0.25) is 0 Å². The second-order valence-electron chi connectivity index (χ2n) is 5.70. The van der Waals surface area contributed by atoms with Crippen LogP contribution in [0.25, 0.3) is 0 Å². The number of ether oxygens (including phenoxy) is 2. The molecule has 0 aromatic rings. The van der Waals surface area contributed by atoms with Crippen LogP contribution in [0.15, 0.2) is 11.8 Å². The van der Waals surface area contributed by atoms with Crippen LogP contribution in [-0.2, 0) is 14.3 Å². The summed E-state index contributed by atoms with van der Waals surface area (Å²) in [5.74, 6) is -0.441. The van der Waals surface area contributed by atoms with E-state index < -0.39 is 17.9 Å². The fourth-order valence-corrected chi connectivity index (χ4v) is 2.76. The standard InChI is InChI=1S/C14H22O4/c1-14(2)17-11(9-13(16)18-14)8-12(15)10-6-4-3-5-7-10/h9-10,12,15H,3-8H2,1-2H3. The molecule has 1 aliphatic carbocycles. The molecule has 2 rings (SSSR count). The van der Waals surface area contributed by atoms with E-state index in [1.807, 2.05) is 0 Å². The first-order valence-corrected chi connectivity index (χ1v) is 6.77. The van der Waals surface area contributed by atoms with Gasteiger partial charge in [0.05, 0.1) is 12.2 Å². The maximum atomic E-state index is 11.4. The molecular formula is C14H22O4. The summed E-state index contributed by atoms with van der Waals surface area (Å²) >= 11 is 0. The van der Waals surface area contributed by atoms with E-state index in [-0.39, 0.29) is 0 Å². The SMILES string of the molecule is CC1(C)OC(=O)C=C(CC(O)C2CCCCC2)O1. The first-order valence-electron chi connectivity index (χ1n) is 6.77. The number of esters is 1. The molecular weight excluding hydrogens is 232 g/mol. The van der Waals surface area contributed by atoms with E-state index in [1.54, 1.807) is 13.8 Å². The van der Waals surface area contributed by atoms with E-state index in [0.29, 0.717) is 18.1 Å². The Morgan fingerprint density at radius 3 is 2.61 bits per heavy atom. The molecule has 0 spiro atoms. The fraction of sp³-hybridized carbons (Fsp3) is 0.786. The number of hydrogen-bond acceptors (Lipinski definition) is 4. The molecule has 1 aliphatic heterocycles. The Morgan fingerprint density at radius 2 is 2.00 bits per heavy atom. The molecule has 1 heterocycles. The van der Waals surface area contributed by atoms with Gasteiger partial charge in [-0.05, 0) is 18.8 Å². The zero-order valence-electron chi connectivity index (χ0n) is 11.1. The van der Waals surface area contributed by atoms with Crippen molar-refractivity contribution in [3.05, 3.63) is 11.8 Å². The van der Waals surface area contributed by atoms with Crippen LogP contribution in [0.4, 0.5) is 0 Å². The molecule has 0 aromatic heterocycles. The third-order valence-corrected chi connectivity index (χ3v) is 3.61. The molecule has 1 atom stereocenters. The number of carbonyl (C=O) groups is 1. The van der Waals surface area contributed by atoms with E-state index in [1.165, 1.54) is 25.3 Å². The third-order valence-electron chi connectivity index (χ3n) is 3.61. The molecule has 1 unspecified atom stereocenters. The van der Waals surface area contributed by atoms with Gasteiger partial charge in [-0.1, -0.05) is 19.3 Å². The monoisotopic (exact) mass is 254 g/mol. The van der Waals surface area contributed by atoms with Gasteiger partial charge < -0.3 is 14.6 Å². The lowest BCUT2D eigenvalue weighted by molar-refractivity contribution is -0.207. The van der Waals surface area contributed by atoms with Crippen molar-refractivity contribution in [1.29, 1.82) is 0 Å². The van der Waals surface area contributed by atoms with E-state index >= 15 is 0 Å². The minimum absolute atomic E-state index is 0.337. The molecule has 102 valence electrons. The summed E-state index contributed by atoms with van der Waals surface area (Å²) < 4.78 is 10.6. The van der Waals surface area contributed by atoms with Crippen LogP contribution in [0.3, 0.4) is 0 Å². The summed E-state index contributed by atoms with van der Waals surface area (Å²) in [4.78, 5) is 11.4. The highest BCUT2D eigenvalue weighted by Crippen LogP contribution is 2.31. The molecule has 1 N–H and O–H groups in total. The summed E-state index contributed by atoms with van der Waals surface area (Å²) in [7, 11) is 0. The molecule has 0 aromatic carbocycles. The molecule has 4 nitrogen and oxygen atoms in total. The fourth-order valence-electron chi connectivity index (χ4n) is 2.76. The van der Waals surface area contributed by atoms with Gasteiger partial charge in [0.2, 0.25) is 5.79 Å². The van der Waals surface area contributed by atoms with Crippen molar-refractivity contribution in [2.24, 2.45) is 5.92 Å². The molecule has 0 saturated heterocycles. The van der Waals surface area contributed by atoms with Gasteiger partial charge in [-0.15, -0.1) is 0 Å². The number of carbonyl (C=O) groups excluding carboxylic acids is 1. The molecule has 1 fully saturated rings. The van der Waals surface area contributed by atoms with Gasteiger partial charge in [-0.2, -0.15) is 0 Å². The summed E-state index contributed by atoms with van der Waals surface area (Å²) in [6, 6.07) is 0. The summed E-state index contributed by atoms with van der Waals surface area (Å²) in [6.07, 6.45) is 7.12. The molecule has 18 heavy (non-hydrogen) atoms. The highest BCUT2D eigenvalue weighted by atomic mass is 16.7. The van der Waals surface area contributed by atoms with Crippen LogP contribution < -0.4 is 0 Å². The lowest BCUT2D eigenvalue weighted by atomic mass is 9.84. The molecule has 4 heteroatoms. The normalized spacial score (nSPS) is 25.9. The van der Waals surface area contributed by atoms with Gasteiger partial charge >= 0.3 is 5.97 Å². The third kappa shape index (κ3) is 3.48. The maximum Gasteiger partial charge on any atom is 0.337 e. The molecule has 2 aliphatic rings. The topological polar surface area (TPSA) is 55.8 Å². The minimum Gasteiger partial charge on any atom is -0.457 e. The Bertz CT molecular complexity index is 340. The number of aliphatic hydroxyl groups excluding tert-OH is 1. The van der Waals surface area contributed by atoms with Crippen LogP contribution >= 0.6 is 0 Å². The lowest BCUT2D eigenvalue weighted by Crippen LogP contribution is -2.35. The van der Waals surface area contributed by atoms with E-state index in [2.05, 4.69) is 0 Å². The van der Waals surface area contributed by atoms with E-state index in [4.69, 9.17) is 9.47 Å². The van der Waals surface area contributed by atoms with Crippen LogP contribution in [0.2, 0.25) is 0 Å². The second kappa shape index (κ2) is 5.31. The average molecular weight is 254 g/mol. The molecule has 0 bridgehead atoms. The smallest absolute Gasteiger partial charge is 0.337 e. The summed E-state index contributed by atoms with van der Waals surface area (Å²) in [5, 5.41) is 10.2. The number of cyclic esters (lactones) is 1. The zero-order chi connectivity index (χ0) is 13.2. The van der Waals surface area contributed by atoms with Gasteiger partial charge in [0.1, 0.15) is 5.76 Å². The number of hydrogen-bond donors (Lipinski definition) is 1. The van der Waals surface area contributed by atoms with Crippen LogP contribution in [-0.4, -0.2) is 23.0 Å². The molecule has 1 saturated carbocycles. The van der Waals surface area contributed by atoms with Crippen molar-refractivity contribution in [2.45, 2.75) is 64.3 Å². The van der Waals surface area contributed by atoms with Crippen LogP contribution in [0.1, 0.15) is 52.4 Å².